The zero-order chi connectivity index (χ0) is 14.7. The number of nitrogens with zero attached hydrogens (tertiary/aromatic N) is 1. The van der Waals surface area contributed by atoms with Crippen LogP contribution in [-0.4, -0.2) is 0 Å². The van der Waals surface area contributed by atoms with E-state index in [4.69, 9.17) is 11.0 Å². The van der Waals surface area contributed by atoms with E-state index in [1.54, 1.807) is 12.1 Å². The van der Waals surface area contributed by atoms with E-state index in [-0.39, 0.29) is 12.1 Å². The van der Waals surface area contributed by atoms with E-state index in [0.29, 0.717) is 21.4 Å². The Morgan fingerprint density at radius 2 is 1.85 bits per heavy atom. The Morgan fingerprint density at radius 3 is 2.40 bits per heavy atom. The van der Waals surface area contributed by atoms with Gasteiger partial charge >= 0.3 is 0 Å². The second-order valence-electron chi connectivity index (χ2n) is 4.12. The summed E-state index contributed by atoms with van der Waals surface area (Å²) in [6.45, 7) is -0.0406. The molecule has 2 aromatic rings. The second kappa shape index (κ2) is 5.88. The maximum Gasteiger partial charge on any atom is 0.132 e. The third kappa shape index (κ3) is 3.06. The highest BCUT2D eigenvalue weighted by Gasteiger charge is 2.11. The van der Waals surface area contributed by atoms with Crippen LogP contribution in [0.2, 0.25) is 0 Å². The van der Waals surface area contributed by atoms with Crippen LogP contribution in [0.4, 0.5) is 20.2 Å². The van der Waals surface area contributed by atoms with Crippen molar-refractivity contribution in [1.29, 1.82) is 5.26 Å². The van der Waals surface area contributed by atoms with E-state index in [1.807, 2.05) is 6.07 Å². The molecule has 0 spiro atoms. The highest BCUT2D eigenvalue weighted by atomic mass is 79.9. The van der Waals surface area contributed by atoms with Gasteiger partial charge in [-0.2, -0.15) is 5.26 Å². The molecule has 102 valence electrons. The number of hydrogen-bond acceptors (Lipinski definition) is 3. The normalized spacial score (nSPS) is 10.1. The molecule has 0 aliphatic carbocycles. The molecule has 0 unspecified atom stereocenters. The smallest absolute Gasteiger partial charge is 0.132 e. The number of nitrogens with one attached hydrogen (secondary N) is 1. The number of halogens is 3. The van der Waals surface area contributed by atoms with Crippen LogP contribution in [0, 0.1) is 23.0 Å². The Morgan fingerprint density at radius 1 is 1.20 bits per heavy atom. The molecule has 0 saturated heterocycles. The molecule has 0 radical (unpaired) electrons. The van der Waals surface area contributed by atoms with E-state index >= 15 is 0 Å². The number of nitrogens with two attached hydrogens (primary N) is 1. The van der Waals surface area contributed by atoms with Crippen LogP contribution in [0.1, 0.15) is 11.1 Å². The standard InChI is InChI=1S/C14H10BrF2N3/c15-9-4-11(16)10(12(17)5-9)7-20-14-2-1-8(6-18)3-13(14)19/h1-5,20H,7,19H2. The van der Waals surface area contributed by atoms with Crippen molar-refractivity contribution in [2.45, 2.75) is 6.54 Å². The van der Waals surface area contributed by atoms with E-state index < -0.39 is 11.6 Å². The number of nitriles is 1. The molecule has 0 heterocycles. The van der Waals surface area contributed by atoms with Gasteiger partial charge < -0.3 is 11.1 Å². The first-order chi connectivity index (χ1) is 9.51. The maximum absolute atomic E-state index is 13.6. The van der Waals surface area contributed by atoms with Crippen LogP contribution in [0.25, 0.3) is 0 Å². The van der Waals surface area contributed by atoms with Crippen molar-refractivity contribution >= 4 is 27.3 Å². The summed E-state index contributed by atoms with van der Waals surface area (Å²) in [5.74, 6) is -1.28. The average molecular weight is 338 g/mol. The molecule has 2 rings (SSSR count). The van der Waals surface area contributed by atoms with E-state index in [0.717, 1.165) is 0 Å². The molecule has 20 heavy (non-hydrogen) atoms. The molecule has 6 heteroatoms. The number of hydrogen-bond donors (Lipinski definition) is 2. The Labute approximate surface area is 123 Å². The Bertz CT molecular complexity index is 672. The van der Waals surface area contributed by atoms with Gasteiger partial charge in [0.1, 0.15) is 11.6 Å². The summed E-state index contributed by atoms with van der Waals surface area (Å²) >= 11 is 3.02. The summed E-state index contributed by atoms with van der Waals surface area (Å²) in [6, 6.07) is 9.03. The Kier molecular flexibility index (Phi) is 4.20. The second-order valence-corrected chi connectivity index (χ2v) is 5.03. The fraction of sp³-hybridized carbons (Fsp3) is 0.0714. The number of benzene rings is 2. The lowest BCUT2D eigenvalue weighted by Crippen LogP contribution is -2.06. The monoisotopic (exact) mass is 337 g/mol. The van der Waals surface area contributed by atoms with E-state index in [2.05, 4.69) is 21.2 Å². The lowest BCUT2D eigenvalue weighted by atomic mass is 10.1. The molecule has 3 nitrogen and oxygen atoms in total. The molecule has 2 aromatic carbocycles. The van der Waals surface area contributed by atoms with Crippen LogP contribution in [0.5, 0.6) is 0 Å². The SMILES string of the molecule is N#Cc1ccc(NCc2c(F)cc(Br)cc2F)c(N)c1. The highest BCUT2D eigenvalue weighted by molar-refractivity contribution is 9.10. The maximum atomic E-state index is 13.6. The van der Waals surface area contributed by atoms with Gasteiger partial charge in [0.2, 0.25) is 0 Å². The Hall–Kier alpha value is -2.13. The van der Waals surface area contributed by atoms with Crippen LogP contribution >= 0.6 is 15.9 Å². The van der Waals surface area contributed by atoms with Crippen molar-refractivity contribution in [2.24, 2.45) is 0 Å². The molecule has 0 amide bonds. The quantitative estimate of drug-likeness (QED) is 0.837. The zero-order valence-electron chi connectivity index (χ0n) is 10.3. The van der Waals surface area contributed by atoms with Crippen LogP contribution < -0.4 is 11.1 Å². The third-order valence-corrected chi connectivity index (χ3v) is 3.20. The minimum atomic E-state index is -0.642. The highest BCUT2D eigenvalue weighted by Crippen LogP contribution is 2.23. The molecule has 0 aromatic heterocycles. The molecule has 0 aliphatic rings. The molecule has 0 saturated carbocycles. The fourth-order valence-electron chi connectivity index (χ4n) is 1.72. The van der Waals surface area contributed by atoms with Gasteiger partial charge in [-0.15, -0.1) is 0 Å². The summed E-state index contributed by atoms with van der Waals surface area (Å²) in [5.41, 5.74) is 6.97. The first kappa shape index (κ1) is 14.3. The number of rotatable bonds is 3. The summed E-state index contributed by atoms with van der Waals surface area (Å²) in [7, 11) is 0. The van der Waals surface area contributed by atoms with Crippen molar-refractivity contribution in [1.82, 2.24) is 0 Å². The summed E-state index contributed by atoms with van der Waals surface area (Å²) in [4.78, 5) is 0. The molecule has 0 fully saturated rings. The minimum absolute atomic E-state index is 0.0406. The third-order valence-electron chi connectivity index (χ3n) is 2.74. The van der Waals surface area contributed by atoms with Gasteiger partial charge in [-0.3, -0.25) is 0 Å². The van der Waals surface area contributed by atoms with E-state index in [9.17, 15) is 8.78 Å². The summed E-state index contributed by atoms with van der Waals surface area (Å²) in [6.07, 6.45) is 0. The molecule has 0 bridgehead atoms. The topological polar surface area (TPSA) is 61.8 Å². The van der Waals surface area contributed by atoms with Crippen LogP contribution in [0.3, 0.4) is 0 Å². The van der Waals surface area contributed by atoms with Crippen LogP contribution in [-0.2, 0) is 6.54 Å². The summed E-state index contributed by atoms with van der Waals surface area (Å²) in [5, 5.41) is 11.6. The fourth-order valence-corrected chi connectivity index (χ4v) is 2.12. The van der Waals surface area contributed by atoms with Gasteiger partial charge in [-0.05, 0) is 30.3 Å². The average Bonchev–Trinajstić information content (AvgIpc) is 2.39. The number of nitrogen functional groups attached to an aromatic ring is 1. The molecule has 0 atom stereocenters. The predicted octanol–water partition coefficient (Wildman–Crippen LogP) is 3.79. The van der Waals surface area contributed by atoms with Crippen molar-refractivity contribution in [2.75, 3.05) is 11.1 Å². The van der Waals surface area contributed by atoms with Gasteiger partial charge in [-0.25, -0.2) is 8.78 Å². The van der Waals surface area contributed by atoms with Gasteiger partial charge in [0.05, 0.1) is 23.0 Å². The molecular formula is C14H10BrF2N3. The number of anilines is 2. The molecule has 0 aliphatic heterocycles. The molecule has 3 N–H and O–H groups in total. The van der Waals surface area contributed by atoms with Crippen molar-refractivity contribution < 1.29 is 8.78 Å². The minimum Gasteiger partial charge on any atom is -0.397 e. The first-order valence-electron chi connectivity index (χ1n) is 5.68. The largest absolute Gasteiger partial charge is 0.397 e. The van der Waals surface area contributed by atoms with Gasteiger partial charge in [0.15, 0.2) is 0 Å². The van der Waals surface area contributed by atoms with Crippen molar-refractivity contribution in [3.05, 3.63) is 57.6 Å². The molecular weight excluding hydrogens is 328 g/mol. The van der Waals surface area contributed by atoms with Gasteiger partial charge in [-0.1, -0.05) is 15.9 Å². The summed E-state index contributed by atoms with van der Waals surface area (Å²) < 4.78 is 27.6. The lowest BCUT2D eigenvalue weighted by molar-refractivity contribution is 0.558. The van der Waals surface area contributed by atoms with Gasteiger partial charge in [0, 0.05) is 16.6 Å². The predicted molar refractivity (Wildman–Crippen MR) is 77.0 cm³/mol. The van der Waals surface area contributed by atoms with Gasteiger partial charge in [0.25, 0.3) is 0 Å². The Balaban J connectivity index is 2.20. The zero-order valence-corrected chi connectivity index (χ0v) is 11.8. The van der Waals surface area contributed by atoms with Crippen molar-refractivity contribution in [3.63, 3.8) is 0 Å². The van der Waals surface area contributed by atoms with Crippen molar-refractivity contribution in [3.8, 4) is 6.07 Å². The van der Waals surface area contributed by atoms with Crippen LogP contribution in [0.15, 0.2) is 34.8 Å². The lowest BCUT2D eigenvalue weighted by Gasteiger charge is -2.11. The van der Waals surface area contributed by atoms with E-state index in [1.165, 1.54) is 18.2 Å². The first-order valence-corrected chi connectivity index (χ1v) is 6.47.